The van der Waals surface area contributed by atoms with Crippen molar-refractivity contribution in [1.82, 2.24) is 0 Å². The van der Waals surface area contributed by atoms with Crippen molar-refractivity contribution in [3.63, 3.8) is 0 Å². The van der Waals surface area contributed by atoms with Gasteiger partial charge < -0.3 is 9.80 Å². The van der Waals surface area contributed by atoms with E-state index in [1.807, 2.05) is 66.4 Å². The Morgan fingerprint density at radius 3 is 1.42 bits per heavy atom. The second-order valence-electron chi connectivity index (χ2n) is 10.1. The highest BCUT2D eigenvalue weighted by molar-refractivity contribution is 6.07. The maximum atomic E-state index is 10.1. The van der Waals surface area contributed by atoms with E-state index < -0.39 is 0 Å². The topological polar surface area (TPSA) is 95.3 Å². The van der Waals surface area contributed by atoms with Crippen LogP contribution in [0, 0.1) is 60.3 Å². The number of hydrogen-bond acceptors (Lipinski definition) is 5. The molecule has 0 saturated carbocycles. The molecule has 0 fully saturated rings. The van der Waals surface area contributed by atoms with E-state index in [1.165, 1.54) is 6.08 Å². The summed E-state index contributed by atoms with van der Waals surface area (Å²) in [7, 11) is 3.71. The van der Waals surface area contributed by atoms with Crippen molar-refractivity contribution in [1.29, 1.82) is 15.8 Å². The van der Waals surface area contributed by atoms with Crippen LogP contribution in [0.15, 0.2) is 71.3 Å². The second kappa shape index (κ2) is 11.5. The van der Waals surface area contributed by atoms with Crippen molar-refractivity contribution >= 4 is 46.0 Å². The van der Waals surface area contributed by atoms with Crippen LogP contribution in [0.3, 0.4) is 0 Å². The minimum absolute atomic E-state index is 0.0911. The van der Waals surface area contributed by atoms with E-state index in [0.29, 0.717) is 61.7 Å². The van der Waals surface area contributed by atoms with Gasteiger partial charge in [-0.15, -0.1) is 0 Å². The predicted octanol–water partition coefficient (Wildman–Crippen LogP) is 8.32. The summed E-state index contributed by atoms with van der Waals surface area (Å²) in [6.07, 6.45) is 3.20. The Hall–Kier alpha value is -7.35. The van der Waals surface area contributed by atoms with E-state index in [-0.39, 0.29) is 17.1 Å². The summed E-state index contributed by atoms with van der Waals surface area (Å²) in [4.78, 5) is 17.7. The fourth-order valence-electron chi connectivity index (χ4n) is 5.66. The van der Waals surface area contributed by atoms with Crippen molar-refractivity contribution < 1.29 is 0 Å². The summed E-state index contributed by atoms with van der Waals surface area (Å²) >= 11 is 0. The lowest BCUT2D eigenvalue weighted by molar-refractivity contribution is 1.13. The van der Waals surface area contributed by atoms with Gasteiger partial charge in [0.05, 0.1) is 44.5 Å². The van der Waals surface area contributed by atoms with Gasteiger partial charge in [-0.1, -0.05) is 18.2 Å². The number of anilines is 4. The summed E-state index contributed by atoms with van der Waals surface area (Å²) in [5, 5.41) is 29.4. The van der Waals surface area contributed by atoms with E-state index in [4.69, 9.17) is 26.3 Å². The standard InChI is InChI=1S/C36H19N9/c1-21(40-2)12-22-8-10-31-25(14-22)35(29(19-38)42-4)27-16-34-28(17-33(27)44(31)6)36(30(20-39)43-5)26-15-23(13-24(18-37)41-3)9-11-32(26)45(34)7/h8-17H,1,6-7H3/b21-12-,24-13+,35-29-,36-30+. The molecule has 0 atom stereocenters. The Kier molecular flexibility index (Phi) is 7.45. The molecular formula is C36H19N9. The first-order valence-corrected chi connectivity index (χ1v) is 13.3. The molecule has 0 radical (unpaired) electrons. The van der Waals surface area contributed by atoms with Crippen molar-refractivity contribution in [3.8, 4) is 18.2 Å². The molecule has 5 rings (SSSR count). The smallest absolute Gasteiger partial charge is 0.270 e. The normalized spacial score (nSPS) is 15.1. The van der Waals surface area contributed by atoms with E-state index in [0.717, 1.165) is 11.3 Å². The highest BCUT2D eigenvalue weighted by Crippen LogP contribution is 2.53. The first-order chi connectivity index (χ1) is 21.7. The molecule has 0 amide bonds. The van der Waals surface area contributed by atoms with Crippen molar-refractivity contribution in [2.75, 3.05) is 23.9 Å². The maximum absolute atomic E-state index is 10.1. The Labute approximate surface area is 260 Å². The molecule has 0 spiro atoms. The van der Waals surface area contributed by atoms with Crippen LogP contribution in [0.25, 0.3) is 42.7 Å². The van der Waals surface area contributed by atoms with Crippen LogP contribution >= 0.6 is 0 Å². The first kappa shape index (κ1) is 29.2. The average Bonchev–Trinajstić information content (AvgIpc) is 3.06. The lowest BCUT2D eigenvalue weighted by Gasteiger charge is -2.37. The Morgan fingerprint density at radius 1 is 0.600 bits per heavy atom. The minimum atomic E-state index is -0.127. The van der Waals surface area contributed by atoms with Crippen molar-refractivity contribution in [3.05, 3.63) is 150 Å². The molecule has 3 aromatic rings. The molecule has 45 heavy (non-hydrogen) atoms. The molecule has 9 heteroatoms. The molecule has 0 bridgehead atoms. The van der Waals surface area contributed by atoms with Crippen LogP contribution in [0.2, 0.25) is 0 Å². The van der Waals surface area contributed by atoms with Crippen LogP contribution in [0.5, 0.6) is 0 Å². The summed E-state index contributed by atoms with van der Waals surface area (Å²) in [5.41, 5.74) is 7.61. The van der Waals surface area contributed by atoms with Crippen LogP contribution in [-0.4, -0.2) is 14.1 Å². The number of hydrogen-bond donors (Lipinski definition) is 0. The molecule has 208 valence electrons. The largest absolute Gasteiger partial charge is 0.344 e. The molecule has 3 aromatic carbocycles. The number of allylic oxidation sites excluding steroid dienone is 4. The average molecular weight is 578 g/mol. The summed E-state index contributed by atoms with van der Waals surface area (Å²) < 4.78 is 0. The zero-order valence-electron chi connectivity index (χ0n) is 24.3. The highest BCUT2D eigenvalue weighted by atomic mass is 15.1. The third-order valence-electron chi connectivity index (χ3n) is 7.68. The van der Waals surface area contributed by atoms with Crippen LogP contribution in [-0.2, 0) is 0 Å². The van der Waals surface area contributed by atoms with Gasteiger partial charge >= 0.3 is 0 Å². The number of nitrogens with zero attached hydrogens (tertiary/aromatic N) is 9. The van der Waals surface area contributed by atoms with Gasteiger partial charge in [0, 0.05) is 48.0 Å². The predicted molar refractivity (Wildman–Crippen MR) is 172 cm³/mol. The van der Waals surface area contributed by atoms with E-state index in [2.05, 4.69) is 25.4 Å². The monoisotopic (exact) mass is 577 g/mol. The van der Waals surface area contributed by atoms with Gasteiger partial charge in [0.1, 0.15) is 0 Å². The zero-order valence-corrected chi connectivity index (χ0v) is 24.3. The fraction of sp³-hybridized carbons (Fsp3) is 0.0833. The molecule has 2 aliphatic rings. The number of fused-ring (bicyclic) bond motifs is 4. The molecule has 0 unspecified atom stereocenters. The quantitative estimate of drug-likeness (QED) is 0.225. The third kappa shape index (κ3) is 4.71. The molecule has 0 aromatic heterocycles. The third-order valence-corrected chi connectivity index (χ3v) is 7.68. The lowest BCUT2D eigenvalue weighted by Crippen LogP contribution is -2.23. The van der Waals surface area contributed by atoms with Gasteiger partial charge in [-0.2, -0.15) is 0 Å². The second-order valence-corrected chi connectivity index (χ2v) is 10.1. The fourth-order valence-corrected chi connectivity index (χ4v) is 5.66. The highest BCUT2D eigenvalue weighted by Gasteiger charge is 2.33. The SMILES string of the molecule is [C-]#[N+]/C(C)=C\c1ccc2c(c1)/C(=C(\C#N)[N+]#[C-])c1cc3c(cc1N2C)/C(=C(\C#N)[N+]#[C-])c1cc(/C=C(\C#N)[N+]#[C-])ccc1N3C. The minimum Gasteiger partial charge on any atom is -0.344 e. The Morgan fingerprint density at radius 2 is 1.04 bits per heavy atom. The van der Waals surface area contributed by atoms with Crippen molar-refractivity contribution in [2.45, 2.75) is 6.92 Å². The van der Waals surface area contributed by atoms with Gasteiger partial charge in [0.2, 0.25) is 0 Å². The zero-order chi connectivity index (χ0) is 32.4. The molecule has 2 aliphatic heterocycles. The van der Waals surface area contributed by atoms with Crippen LogP contribution in [0.1, 0.15) is 40.3 Å². The summed E-state index contributed by atoms with van der Waals surface area (Å²) in [6, 6.07) is 20.6. The molecule has 0 aliphatic carbocycles. The van der Waals surface area contributed by atoms with Gasteiger partial charge in [-0.3, -0.25) is 0 Å². The first-order valence-electron chi connectivity index (χ1n) is 13.3. The van der Waals surface area contributed by atoms with Crippen LogP contribution in [0.4, 0.5) is 22.7 Å². The molecular weight excluding hydrogens is 558 g/mol. The molecule has 0 N–H and O–H groups in total. The van der Waals surface area contributed by atoms with Gasteiger partial charge in [0.15, 0.2) is 5.70 Å². The summed E-state index contributed by atoms with van der Waals surface area (Å²) in [5.74, 6) is 0. The van der Waals surface area contributed by atoms with E-state index >= 15 is 0 Å². The molecule has 0 saturated heterocycles. The number of benzene rings is 3. The summed E-state index contributed by atoms with van der Waals surface area (Å²) in [6.45, 7) is 31.9. The van der Waals surface area contributed by atoms with Gasteiger partial charge in [-0.25, -0.2) is 35.2 Å². The maximum Gasteiger partial charge on any atom is 0.270 e. The van der Waals surface area contributed by atoms with Crippen molar-refractivity contribution in [2.24, 2.45) is 0 Å². The molecule has 9 nitrogen and oxygen atoms in total. The number of nitriles is 3. The Bertz CT molecular complexity index is 2230. The number of rotatable bonds is 2. The van der Waals surface area contributed by atoms with E-state index in [1.54, 1.807) is 31.2 Å². The van der Waals surface area contributed by atoms with Gasteiger partial charge in [0.25, 0.3) is 17.1 Å². The lowest BCUT2D eigenvalue weighted by atomic mass is 9.82. The van der Waals surface area contributed by atoms with E-state index in [9.17, 15) is 15.8 Å². The molecule has 2 heterocycles. The van der Waals surface area contributed by atoms with Crippen LogP contribution < -0.4 is 9.80 Å². The van der Waals surface area contributed by atoms with Gasteiger partial charge in [-0.05, 0) is 82.8 Å². The Balaban J connectivity index is 1.86.